The lowest BCUT2D eigenvalue weighted by molar-refractivity contribution is -0.383. The second-order valence-corrected chi connectivity index (χ2v) is 3.21. The number of nitrogens with two attached hydrogens (primary N) is 1. The normalized spacial score (nSPS) is 11.3. The van der Waals surface area contributed by atoms with E-state index in [0.29, 0.717) is 0 Å². The fourth-order valence-electron chi connectivity index (χ4n) is 1.08. The highest BCUT2D eigenvalue weighted by Crippen LogP contribution is 2.22. The summed E-state index contributed by atoms with van der Waals surface area (Å²) in [7, 11) is 0. The van der Waals surface area contributed by atoms with Gasteiger partial charge in [0, 0.05) is 6.07 Å². The summed E-state index contributed by atoms with van der Waals surface area (Å²) in [4.78, 5) is 21.4. The Labute approximate surface area is 96.6 Å². The molecule has 0 spiro atoms. The van der Waals surface area contributed by atoms with E-state index in [-0.39, 0.29) is 16.9 Å². The van der Waals surface area contributed by atoms with Crippen LogP contribution in [0, 0.1) is 21.4 Å². The SMILES string of the molecule is C[C@@H](C#N)OC(=O)c1ccc(N)c([N+](=O)[O-])c1. The quantitative estimate of drug-likeness (QED) is 0.364. The molecule has 1 aromatic rings. The van der Waals surface area contributed by atoms with Gasteiger partial charge in [0.05, 0.1) is 10.5 Å². The molecule has 17 heavy (non-hydrogen) atoms. The first-order valence-electron chi connectivity index (χ1n) is 4.60. The third kappa shape index (κ3) is 2.92. The van der Waals surface area contributed by atoms with Crippen LogP contribution >= 0.6 is 0 Å². The van der Waals surface area contributed by atoms with Crippen molar-refractivity contribution in [2.24, 2.45) is 0 Å². The largest absolute Gasteiger partial charge is 0.444 e. The number of esters is 1. The average Bonchev–Trinajstić information content (AvgIpc) is 2.28. The first kappa shape index (κ1) is 12.4. The fourth-order valence-corrected chi connectivity index (χ4v) is 1.08. The predicted octanol–water partition coefficient (Wildman–Crippen LogP) is 1.25. The van der Waals surface area contributed by atoms with Crippen molar-refractivity contribution in [2.45, 2.75) is 13.0 Å². The molecular weight excluding hydrogens is 226 g/mol. The van der Waals surface area contributed by atoms with Crippen molar-refractivity contribution >= 4 is 17.3 Å². The van der Waals surface area contributed by atoms with Gasteiger partial charge in [-0.15, -0.1) is 0 Å². The van der Waals surface area contributed by atoms with E-state index >= 15 is 0 Å². The molecule has 1 rings (SSSR count). The minimum Gasteiger partial charge on any atom is -0.444 e. The van der Waals surface area contributed by atoms with E-state index in [9.17, 15) is 14.9 Å². The topological polar surface area (TPSA) is 119 Å². The van der Waals surface area contributed by atoms with Crippen LogP contribution in [-0.2, 0) is 4.74 Å². The van der Waals surface area contributed by atoms with E-state index in [0.717, 1.165) is 6.07 Å². The summed E-state index contributed by atoms with van der Waals surface area (Å²) in [6, 6.07) is 5.27. The second-order valence-electron chi connectivity index (χ2n) is 3.21. The van der Waals surface area contributed by atoms with Crippen LogP contribution in [0.5, 0.6) is 0 Å². The van der Waals surface area contributed by atoms with E-state index in [1.807, 2.05) is 0 Å². The number of benzene rings is 1. The van der Waals surface area contributed by atoms with Crippen molar-refractivity contribution in [3.63, 3.8) is 0 Å². The van der Waals surface area contributed by atoms with Crippen molar-refractivity contribution in [3.05, 3.63) is 33.9 Å². The molecule has 0 aliphatic heterocycles. The molecule has 7 heteroatoms. The Bertz CT molecular complexity index is 507. The minimum atomic E-state index is -0.917. The van der Waals surface area contributed by atoms with Gasteiger partial charge in [0.15, 0.2) is 6.10 Å². The zero-order chi connectivity index (χ0) is 13.0. The highest BCUT2D eigenvalue weighted by Gasteiger charge is 2.17. The van der Waals surface area contributed by atoms with Gasteiger partial charge in [-0.05, 0) is 19.1 Å². The molecule has 2 N–H and O–H groups in total. The van der Waals surface area contributed by atoms with E-state index < -0.39 is 17.0 Å². The molecule has 88 valence electrons. The van der Waals surface area contributed by atoms with Crippen LogP contribution in [0.1, 0.15) is 17.3 Å². The fraction of sp³-hybridized carbons (Fsp3) is 0.200. The maximum Gasteiger partial charge on any atom is 0.339 e. The smallest absolute Gasteiger partial charge is 0.339 e. The number of nitrogen functional groups attached to an aromatic ring is 1. The molecule has 0 aliphatic carbocycles. The van der Waals surface area contributed by atoms with Gasteiger partial charge < -0.3 is 10.5 Å². The lowest BCUT2D eigenvalue weighted by Crippen LogP contribution is -2.13. The summed E-state index contributed by atoms with van der Waals surface area (Å²) in [6.45, 7) is 1.39. The number of ether oxygens (including phenoxy) is 1. The highest BCUT2D eigenvalue weighted by molar-refractivity contribution is 5.91. The number of nitro groups is 1. The second kappa shape index (κ2) is 4.94. The molecule has 0 aliphatic rings. The lowest BCUT2D eigenvalue weighted by Gasteiger charge is -2.06. The molecule has 0 saturated heterocycles. The lowest BCUT2D eigenvalue weighted by atomic mass is 10.2. The van der Waals surface area contributed by atoms with Gasteiger partial charge in [0.25, 0.3) is 5.69 Å². The number of nitriles is 1. The molecule has 0 aromatic heterocycles. The summed E-state index contributed by atoms with van der Waals surface area (Å²) < 4.78 is 4.70. The Hall–Kier alpha value is -2.62. The number of hydrogen-bond acceptors (Lipinski definition) is 6. The third-order valence-electron chi connectivity index (χ3n) is 1.93. The van der Waals surface area contributed by atoms with Crippen molar-refractivity contribution in [1.29, 1.82) is 5.26 Å². The monoisotopic (exact) mass is 235 g/mol. The van der Waals surface area contributed by atoms with Crippen molar-refractivity contribution in [1.82, 2.24) is 0 Å². The maximum atomic E-state index is 11.5. The van der Waals surface area contributed by atoms with Gasteiger partial charge in [-0.3, -0.25) is 10.1 Å². The van der Waals surface area contributed by atoms with Gasteiger partial charge in [-0.25, -0.2) is 4.79 Å². The Morgan fingerprint density at radius 3 is 2.82 bits per heavy atom. The Morgan fingerprint density at radius 2 is 2.29 bits per heavy atom. The average molecular weight is 235 g/mol. The summed E-state index contributed by atoms with van der Waals surface area (Å²) >= 11 is 0. The zero-order valence-electron chi connectivity index (χ0n) is 8.91. The number of rotatable bonds is 3. The first-order chi connectivity index (χ1) is 7.95. The van der Waals surface area contributed by atoms with Gasteiger partial charge >= 0.3 is 5.97 Å². The van der Waals surface area contributed by atoms with E-state index in [1.165, 1.54) is 19.1 Å². The van der Waals surface area contributed by atoms with Crippen molar-refractivity contribution in [2.75, 3.05) is 5.73 Å². The first-order valence-corrected chi connectivity index (χ1v) is 4.60. The van der Waals surface area contributed by atoms with Crippen LogP contribution in [-0.4, -0.2) is 17.0 Å². The summed E-state index contributed by atoms with van der Waals surface area (Å²) in [5, 5.41) is 19.1. The number of nitro benzene ring substituents is 1. The summed E-state index contributed by atoms with van der Waals surface area (Å²) in [5.41, 5.74) is 4.94. The molecule has 0 radical (unpaired) electrons. The predicted molar refractivity (Wildman–Crippen MR) is 58.0 cm³/mol. The van der Waals surface area contributed by atoms with E-state index in [2.05, 4.69) is 0 Å². The van der Waals surface area contributed by atoms with E-state index in [1.54, 1.807) is 6.07 Å². The molecular formula is C10H9N3O4. The van der Waals surface area contributed by atoms with Gasteiger partial charge in [0.1, 0.15) is 11.8 Å². The van der Waals surface area contributed by atoms with Crippen molar-refractivity contribution < 1.29 is 14.5 Å². The van der Waals surface area contributed by atoms with Gasteiger partial charge in [-0.1, -0.05) is 0 Å². The molecule has 7 nitrogen and oxygen atoms in total. The Kier molecular flexibility index (Phi) is 3.62. The molecule has 1 aromatic carbocycles. The summed E-state index contributed by atoms with van der Waals surface area (Å²) in [5.74, 6) is -0.804. The highest BCUT2D eigenvalue weighted by atomic mass is 16.6. The molecule has 0 heterocycles. The van der Waals surface area contributed by atoms with Gasteiger partial charge in [0.2, 0.25) is 0 Å². The molecule has 0 saturated carbocycles. The number of anilines is 1. The zero-order valence-corrected chi connectivity index (χ0v) is 8.91. The molecule has 0 bridgehead atoms. The Balaban J connectivity index is 3.01. The van der Waals surface area contributed by atoms with Gasteiger partial charge in [-0.2, -0.15) is 5.26 Å². The van der Waals surface area contributed by atoms with Crippen LogP contribution in [0.2, 0.25) is 0 Å². The van der Waals surface area contributed by atoms with Crippen molar-refractivity contribution in [3.8, 4) is 6.07 Å². The third-order valence-corrected chi connectivity index (χ3v) is 1.93. The van der Waals surface area contributed by atoms with Crippen LogP contribution in [0.15, 0.2) is 18.2 Å². The summed E-state index contributed by atoms with van der Waals surface area (Å²) in [6.07, 6.45) is -0.917. The van der Waals surface area contributed by atoms with Crippen LogP contribution in [0.25, 0.3) is 0 Å². The number of hydrogen-bond donors (Lipinski definition) is 1. The van der Waals surface area contributed by atoms with Crippen LogP contribution in [0.3, 0.4) is 0 Å². The standard InChI is InChI=1S/C10H9N3O4/c1-6(5-11)17-10(14)7-2-3-8(12)9(4-7)13(15)16/h2-4,6H,12H2,1H3/t6-/m0/s1. The Morgan fingerprint density at radius 1 is 1.65 bits per heavy atom. The number of carbonyl (C=O) groups is 1. The van der Waals surface area contributed by atoms with Crippen LogP contribution in [0.4, 0.5) is 11.4 Å². The maximum absolute atomic E-state index is 11.5. The molecule has 0 unspecified atom stereocenters. The molecule has 0 fully saturated rings. The number of nitrogens with zero attached hydrogens (tertiary/aromatic N) is 2. The minimum absolute atomic E-state index is 0.0204. The molecule has 1 atom stereocenters. The molecule has 0 amide bonds. The van der Waals surface area contributed by atoms with E-state index in [4.69, 9.17) is 15.7 Å². The number of carbonyl (C=O) groups excluding carboxylic acids is 1. The van der Waals surface area contributed by atoms with Crippen LogP contribution < -0.4 is 5.73 Å².